The van der Waals surface area contributed by atoms with Gasteiger partial charge in [0, 0.05) is 4.90 Å². The van der Waals surface area contributed by atoms with Gasteiger partial charge in [0.25, 0.3) is 0 Å². The van der Waals surface area contributed by atoms with E-state index in [4.69, 9.17) is 5.11 Å². The van der Waals surface area contributed by atoms with Gasteiger partial charge < -0.3 is 16.8 Å². The number of carbonyl (C=O) groups is 1. The van der Waals surface area contributed by atoms with E-state index >= 15 is 0 Å². The van der Waals surface area contributed by atoms with E-state index in [1.807, 2.05) is 0 Å². The van der Waals surface area contributed by atoms with E-state index in [0.29, 0.717) is 0 Å². The fourth-order valence-electron chi connectivity index (χ4n) is 0.764. The Hall–Kier alpha value is 0.626. The van der Waals surface area contributed by atoms with Gasteiger partial charge in [0.1, 0.15) is 0 Å². The van der Waals surface area contributed by atoms with Crippen LogP contribution in [0.5, 0.6) is 0 Å². The molecule has 0 saturated carbocycles. The molecular formula is C7H5KO4S2. The van der Waals surface area contributed by atoms with Crippen LogP contribution >= 0.6 is 0 Å². The summed E-state index contributed by atoms with van der Waals surface area (Å²) in [5, 5.41) is 8.50. The van der Waals surface area contributed by atoms with Crippen molar-refractivity contribution in [1.29, 1.82) is 0 Å². The van der Waals surface area contributed by atoms with Gasteiger partial charge in [0.15, 0.2) is 0 Å². The fraction of sp³-hybridized carbons (Fsp3) is 0. The third-order valence-electron chi connectivity index (χ3n) is 1.39. The van der Waals surface area contributed by atoms with Crippen LogP contribution in [0.4, 0.5) is 0 Å². The zero-order valence-electron chi connectivity index (χ0n) is 7.30. The predicted molar refractivity (Wildman–Crippen MR) is 48.0 cm³/mol. The molecule has 0 aliphatic heterocycles. The maximum Gasteiger partial charge on any atom is 1.00 e. The minimum atomic E-state index is -3.65. The second-order valence-electron chi connectivity index (χ2n) is 2.28. The molecule has 1 N–H and O–H groups in total. The van der Waals surface area contributed by atoms with Crippen molar-refractivity contribution in [1.82, 2.24) is 0 Å². The molecule has 14 heavy (non-hydrogen) atoms. The van der Waals surface area contributed by atoms with Gasteiger partial charge in [-0.05, 0) is 24.3 Å². The molecule has 0 spiro atoms. The number of aromatic carboxylic acids is 1. The second kappa shape index (κ2) is 5.64. The third kappa shape index (κ3) is 4.01. The Bertz CT molecular complexity index is 424. The van der Waals surface area contributed by atoms with Crippen molar-refractivity contribution in [3.63, 3.8) is 0 Å². The minimum Gasteiger partial charge on any atom is -0.644 e. The van der Waals surface area contributed by atoms with Gasteiger partial charge in [-0.15, -0.1) is 0 Å². The van der Waals surface area contributed by atoms with Gasteiger partial charge in [-0.3, -0.25) is 0 Å². The van der Waals surface area contributed by atoms with Crippen LogP contribution in [-0.4, -0.2) is 19.5 Å². The number of hydrogen-bond donors (Lipinski definition) is 1. The smallest absolute Gasteiger partial charge is 0.644 e. The maximum absolute atomic E-state index is 10.8. The number of carboxylic acid groups (broad SMARTS) is 1. The summed E-state index contributed by atoms with van der Waals surface area (Å²) in [5.41, 5.74) is 0.0300. The van der Waals surface area contributed by atoms with Gasteiger partial charge in [-0.25, -0.2) is 13.2 Å². The second-order valence-corrected chi connectivity index (χ2v) is 4.98. The van der Waals surface area contributed by atoms with Gasteiger partial charge in [0.2, 0.25) is 0 Å². The molecule has 0 fully saturated rings. The summed E-state index contributed by atoms with van der Waals surface area (Å²) in [6.45, 7) is 0. The summed E-state index contributed by atoms with van der Waals surface area (Å²) in [7, 11) is -3.65. The Morgan fingerprint density at radius 3 is 1.93 bits per heavy atom. The first-order valence-corrected chi connectivity index (χ1v) is 5.61. The van der Waals surface area contributed by atoms with E-state index in [2.05, 4.69) is 11.7 Å². The molecule has 0 aliphatic carbocycles. The molecule has 0 bridgehead atoms. The molecule has 0 radical (unpaired) electrons. The van der Waals surface area contributed by atoms with Crippen molar-refractivity contribution in [3.05, 3.63) is 29.8 Å². The molecule has 0 aromatic heterocycles. The SMILES string of the molecule is O=C(O)c1ccc(S(=O)(=O)[S-])cc1.[K+]. The van der Waals surface area contributed by atoms with Gasteiger partial charge in [-0.2, -0.15) is 0 Å². The van der Waals surface area contributed by atoms with Crippen LogP contribution in [0.15, 0.2) is 29.2 Å². The van der Waals surface area contributed by atoms with Crippen LogP contribution in [0.25, 0.3) is 0 Å². The Balaban J connectivity index is 0.00000169. The van der Waals surface area contributed by atoms with Crippen LogP contribution in [0.2, 0.25) is 0 Å². The van der Waals surface area contributed by atoms with Gasteiger partial charge >= 0.3 is 57.4 Å². The Morgan fingerprint density at radius 1 is 1.21 bits per heavy atom. The molecule has 4 nitrogen and oxygen atoms in total. The summed E-state index contributed by atoms with van der Waals surface area (Å²) < 4.78 is 21.6. The molecule has 0 aliphatic rings. The summed E-state index contributed by atoms with van der Waals surface area (Å²) >= 11 is 4.19. The molecule has 0 unspecified atom stereocenters. The van der Waals surface area contributed by atoms with Crippen molar-refractivity contribution < 1.29 is 69.7 Å². The fourth-order valence-corrected chi connectivity index (χ4v) is 1.57. The van der Waals surface area contributed by atoms with Gasteiger partial charge in [-0.1, -0.05) is 0 Å². The van der Waals surface area contributed by atoms with Gasteiger partial charge in [0.05, 0.1) is 14.4 Å². The topological polar surface area (TPSA) is 71.4 Å². The average Bonchev–Trinajstić information content (AvgIpc) is 2.03. The number of benzene rings is 1. The van der Waals surface area contributed by atoms with Crippen LogP contribution in [-0.2, 0) is 20.5 Å². The molecule has 0 saturated heterocycles. The first-order valence-electron chi connectivity index (χ1n) is 3.20. The van der Waals surface area contributed by atoms with Crippen LogP contribution in [0.3, 0.4) is 0 Å². The van der Waals surface area contributed by atoms with E-state index < -0.39 is 14.8 Å². The van der Waals surface area contributed by atoms with Crippen molar-refractivity contribution in [3.8, 4) is 0 Å². The number of carboxylic acids is 1. The quantitative estimate of drug-likeness (QED) is 0.364. The summed E-state index contributed by atoms with van der Waals surface area (Å²) in [4.78, 5) is 10.3. The predicted octanol–water partition coefficient (Wildman–Crippen LogP) is -2.38. The van der Waals surface area contributed by atoms with Crippen LogP contribution < -0.4 is 51.4 Å². The Labute approximate surface area is 129 Å². The Morgan fingerprint density at radius 2 is 1.64 bits per heavy atom. The largest absolute Gasteiger partial charge is 1.00 e. The molecule has 70 valence electrons. The summed E-state index contributed by atoms with van der Waals surface area (Å²) in [6, 6.07) is 4.74. The first kappa shape index (κ1) is 14.6. The molecule has 1 aromatic rings. The maximum atomic E-state index is 10.8. The minimum absolute atomic E-state index is 0. The molecule has 1 rings (SSSR count). The van der Waals surface area contributed by atoms with Crippen LogP contribution in [0.1, 0.15) is 10.4 Å². The van der Waals surface area contributed by atoms with Crippen molar-refractivity contribution in [2.45, 2.75) is 4.90 Å². The zero-order valence-corrected chi connectivity index (χ0v) is 12.1. The zero-order chi connectivity index (χ0) is 10.1. The first-order chi connectivity index (χ1) is 5.91. The van der Waals surface area contributed by atoms with E-state index in [0.717, 1.165) is 0 Å². The van der Waals surface area contributed by atoms with Crippen molar-refractivity contribution >= 4 is 26.5 Å². The Kier molecular flexibility index (Phi) is 5.89. The van der Waals surface area contributed by atoms with E-state index in [1.165, 1.54) is 24.3 Å². The van der Waals surface area contributed by atoms with E-state index in [-0.39, 0.29) is 61.8 Å². The van der Waals surface area contributed by atoms with Crippen molar-refractivity contribution in [2.24, 2.45) is 0 Å². The molecule has 0 atom stereocenters. The standard InChI is InChI=1S/C7H6O4S2.K/c8-7(9)5-1-3-6(4-2-5)13(10,11)12;/h1-4H,(H,8,9)(H,10,11,12);/q;+1/p-1. The summed E-state index contributed by atoms with van der Waals surface area (Å²) in [6.07, 6.45) is 0. The molecule has 0 amide bonds. The monoisotopic (exact) mass is 256 g/mol. The third-order valence-corrected chi connectivity index (χ3v) is 2.82. The number of hydrogen-bond acceptors (Lipinski definition) is 4. The molecule has 7 heteroatoms. The number of rotatable bonds is 2. The normalized spacial score (nSPS) is 10.4. The van der Waals surface area contributed by atoms with E-state index in [9.17, 15) is 13.2 Å². The molecule has 0 heterocycles. The summed E-state index contributed by atoms with van der Waals surface area (Å²) in [5.74, 6) is -1.10. The molecular weight excluding hydrogens is 251 g/mol. The molecule has 1 aromatic carbocycles. The van der Waals surface area contributed by atoms with Crippen LogP contribution in [0, 0.1) is 0 Å². The average molecular weight is 256 g/mol. The van der Waals surface area contributed by atoms with Crippen molar-refractivity contribution in [2.75, 3.05) is 0 Å². The van der Waals surface area contributed by atoms with E-state index in [1.54, 1.807) is 0 Å².